The van der Waals surface area contributed by atoms with Crippen LogP contribution in [0, 0.1) is 0 Å². The summed E-state index contributed by atoms with van der Waals surface area (Å²) in [6, 6.07) is 8.04. The summed E-state index contributed by atoms with van der Waals surface area (Å²) in [5.41, 5.74) is 3.01. The van der Waals surface area contributed by atoms with Crippen molar-refractivity contribution in [3.05, 3.63) is 36.2 Å². The van der Waals surface area contributed by atoms with Gasteiger partial charge in [-0.1, -0.05) is 19.9 Å². The highest BCUT2D eigenvalue weighted by atomic mass is 15.1. The lowest BCUT2D eigenvalue weighted by Gasteiger charge is -2.17. The molecule has 0 fully saturated rings. The highest BCUT2D eigenvalue weighted by molar-refractivity contribution is 5.52. The van der Waals surface area contributed by atoms with Gasteiger partial charge in [-0.2, -0.15) is 5.10 Å². The number of pyridine rings is 1. The molecule has 4 heteroatoms. The Bertz CT molecular complexity index is 446. The predicted molar refractivity (Wildman–Crippen MR) is 68.4 cm³/mol. The Balaban J connectivity index is 2.17. The number of nitrogens with zero attached hydrogens (tertiary/aromatic N) is 3. The van der Waals surface area contributed by atoms with Crippen molar-refractivity contribution >= 4 is 0 Å². The number of hydrogen-bond donors (Lipinski definition) is 1. The van der Waals surface area contributed by atoms with Gasteiger partial charge in [-0.05, 0) is 31.3 Å². The van der Waals surface area contributed by atoms with Crippen molar-refractivity contribution in [2.24, 2.45) is 0 Å². The zero-order valence-corrected chi connectivity index (χ0v) is 10.3. The van der Waals surface area contributed by atoms with Gasteiger partial charge in [0.1, 0.15) is 0 Å². The van der Waals surface area contributed by atoms with E-state index in [1.165, 1.54) is 0 Å². The Morgan fingerprint density at radius 2 is 2.00 bits per heavy atom. The van der Waals surface area contributed by atoms with Crippen molar-refractivity contribution < 1.29 is 0 Å². The van der Waals surface area contributed by atoms with E-state index in [2.05, 4.69) is 40.0 Å². The number of nitrogens with one attached hydrogen (secondary N) is 1. The summed E-state index contributed by atoms with van der Waals surface area (Å²) < 4.78 is 0. The van der Waals surface area contributed by atoms with Gasteiger partial charge in [0.05, 0.1) is 17.1 Å². The summed E-state index contributed by atoms with van der Waals surface area (Å²) in [5, 5.41) is 6.88. The van der Waals surface area contributed by atoms with E-state index in [1.54, 1.807) is 6.20 Å². The Hall–Kier alpha value is -1.68. The van der Waals surface area contributed by atoms with Gasteiger partial charge in [-0.25, -0.2) is 4.98 Å². The lowest BCUT2D eigenvalue weighted by Crippen LogP contribution is -2.22. The maximum absolute atomic E-state index is 4.64. The van der Waals surface area contributed by atoms with Crippen LogP contribution in [0.2, 0.25) is 0 Å². The van der Waals surface area contributed by atoms with Crippen molar-refractivity contribution in [2.75, 3.05) is 13.1 Å². The molecule has 0 aliphatic rings. The molecule has 0 bridgehead atoms. The fourth-order valence-electron chi connectivity index (χ4n) is 1.79. The second-order valence-electron chi connectivity index (χ2n) is 3.95. The van der Waals surface area contributed by atoms with Gasteiger partial charge in [-0.15, -0.1) is 0 Å². The zero-order valence-electron chi connectivity index (χ0n) is 10.3. The molecule has 0 saturated carbocycles. The molecular weight excluding hydrogens is 212 g/mol. The maximum Gasteiger partial charge on any atom is 0.0884 e. The average Bonchev–Trinajstić information content (AvgIpc) is 2.90. The SMILES string of the molecule is CCN(CC)Cc1cccc(-c2ccn[nH]2)n1. The van der Waals surface area contributed by atoms with Crippen molar-refractivity contribution in [1.82, 2.24) is 20.1 Å². The second kappa shape index (κ2) is 5.59. The number of aromatic amines is 1. The first-order valence-corrected chi connectivity index (χ1v) is 6.01. The quantitative estimate of drug-likeness (QED) is 0.857. The van der Waals surface area contributed by atoms with E-state index in [1.807, 2.05) is 18.2 Å². The summed E-state index contributed by atoms with van der Waals surface area (Å²) in [7, 11) is 0. The Morgan fingerprint density at radius 3 is 2.65 bits per heavy atom. The molecule has 17 heavy (non-hydrogen) atoms. The number of H-pyrrole nitrogens is 1. The lowest BCUT2D eigenvalue weighted by atomic mass is 10.2. The van der Waals surface area contributed by atoms with E-state index in [0.717, 1.165) is 36.7 Å². The molecule has 0 radical (unpaired) electrons. The molecule has 0 aliphatic carbocycles. The van der Waals surface area contributed by atoms with E-state index in [9.17, 15) is 0 Å². The Kier molecular flexibility index (Phi) is 3.88. The first-order chi connectivity index (χ1) is 8.33. The van der Waals surface area contributed by atoms with Crippen molar-refractivity contribution in [3.8, 4) is 11.4 Å². The minimum atomic E-state index is 0.898. The minimum absolute atomic E-state index is 0.898. The normalized spacial score (nSPS) is 11.0. The third-order valence-electron chi connectivity index (χ3n) is 2.86. The van der Waals surface area contributed by atoms with Crippen LogP contribution in [0.25, 0.3) is 11.4 Å². The standard InChI is InChI=1S/C13H18N4/c1-3-17(4-2)10-11-6-5-7-12(15-11)13-8-9-14-16-13/h5-9H,3-4,10H2,1-2H3,(H,14,16). The van der Waals surface area contributed by atoms with Crippen molar-refractivity contribution in [3.63, 3.8) is 0 Å². The third-order valence-corrected chi connectivity index (χ3v) is 2.86. The zero-order chi connectivity index (χ0) is 12.1. The molecule has 90 valence electrons. The Labute approximate surface area is 102 Å². The molecule has 0 saturated heterocycles. The van der Waals surface area contributed by atoms with Crippen LogP contribution in [0.4, 0.5) is 0 Å². The number of hydrogen-bond acceptors (Lipinski definition) is 3. The molecule has 2 heterocycles. The summed E-state index contributed by atoms with van der Waals surface area (Å²) in [6.07, 6.45) is 1.74. The third kappa shape index (κ3) is 2.91. The molecule has 0 aliphatic heterocycles. The fourth-order valence-corrected chi connectivity index (χ4v) is 1.79. The fraction of sp³-hybridized carbons (Fsp3) is 0.385. The van der Waals surface area contributed by atoms with E-state index in [-0.39, 0.29) is 0 Å². The molecule has 2 aromatic rings. The molecule has 0 aromatic carbocycles. The van der Waals surface area contributed by atoms with Gasteiger partial charge in [-0.3, -0.25) is 10.00 Å². The first kappa shape index (κ1) is 11.8. The molecular formula is C13H18N4. The topological polar surface area (TPSA) is 44.8 Å². The largest absolute Gasteiger partial charge is 0.298 e. The Morgan fingerprint density at radius 1 is 1.18 bits per heavy atom. The van der Waals surface area contributed by atoms with E-state index in [0.29, 0.717) is 0 Å². The monoisotopic (exact) mass is 230 g/mol. The van der Waals surface area contributed by atoms with Gasteiger partial charge in [0.15, 0.2) is 0 Å². The molecule has 0 amide bonds. The summed E-state index contributed by atoms with van der Waals surface area (Å²) in [5.74, 6) is 0. The van der Waals surface area contributed by atoms with Gasteiger partial charge in [0.2, 0.25) is 0 Å². The predicted octanol–water partition coefficient (Wildman–Crippen LogP) is 2.31. The second-order valence-corrected chi connectivity index (χ2v) is 3.95. The van der Waals surface area contributed by atoms with Crippen LogP contribution in [0.15, 0.2) is 30.5 Å². The molecule has 1 N–H and O–H groups in total. The lowest BCUT2D eigenvalue weighted by molar-refractivity contribution is 0.292. The van der Waals surface area contributed by atoms with Crippen LogP contribution in [0.5, 0.6) is 0 Å². The highest BCUT2D eigenvalue weighted by Gasteiger charge is 2.05. The van der Waals surface area contributed by atoms with Gasteiger partial charge >= 0.3 is 0 Å². The molecule has 2 aromatic heterocycles. The first-order valence-electron chi connectivity index (χ1n) is 6.01. The van der Waals surface area contributed by atoms with Crippen LogP contribution in [0.1, 0.15) is 19.5 Å². The van der Waals surface area contributed by atoms with Crippen molar-refractivity contribution in [1.29, 1.82) is 0 Å². The molecule has 0 spiro atoms. The molecule has 0 unspecified atom stereocenters. The number of aromatic nitrogens is 3. The van der Waals surface area contributed by atoms with Gasteiger partial charge < -0.3 is 0 Å². The number of rotatable bonds is 5. The summed E-state index contributed by atoms with van der Waals surface area (Å²) in [6.45, 7) is 7.33. The molecule has 4 nitrogen and oxygen atoms in total. The summed E-state index contributed by atoms with van der Waals surface area (Å²) in [4.78, 5) is 6.98. The van der Waals surface area contributed by atoms with Crippen LogP contribution in [-0.4, -0.2) is 33.2 Å². The van der Waals surface area contributed by atoms with Crippen LogP contribution in [-0.2, 0) is 6.54 Å². The maximum atomic E-state index is 4.64. The van der Waals surface area contributed by atoms with Crippen LogP contribution >= 0.6 is 0 Å². The molecule has 0 atom stereocenters. The average molecular weight is 230 g/mol. The van der Waals surface area contributed by atoms with E-state index < -0.39 is 0 Å². The van der Waals surface area contributed by atoms with Gasteiger partial charge in [0, 0.05) is 12.7 Å². The van der Waals surface area contributed by atoms with Crippen LogP contribution < -0.4 is 0 Å². The van der Waals surface area contributed by atoms with E-state index >= 15 is 0 Å². The highest BCUT2D eigenvalue weighted by Crippen LogP contribution is 2.14. The smallest absolute Gasteiger partial charge is 0.0884 e. The van der Waals surface area contributed by atoms with Crippen LogP contribution in [0.3, 0.4) is 0 Å². The minimum Gasteiger partial charge on any atom is -0.298 e. The van der Waals surface area contributed by atoms with Crippen molar-refractivity contribution in [2.45, 2.75) is 20.4 Å². The summed E-state index contributed by atoms with van der Waals surface area (Å²) >= 11 is 0. The van der Waals surface area contributed by atoms with Gasteiger partial charge in [0.25, 0.3) is 0 Å². The van der Waals surface area contributed by atoms with E-state index in [4.69, 9.17) is 0 Å². The molecule has 2 rings (SSSR count).